The molecule has 0 aliphatic carbocycles. The Morgan fingerprint density at radius 3 is 2.21 bits per heavy atom. The fraction of sp³-hybridized carbons (Fsp3) is 0.889. The maximum absolute atomic E-state index is 12.1. The third-order valence-electron chi connectivity index (χ3n) is 3.61. The van der Waals surface area contributed by atoms with E-state index in [-0.39, 0.29) is 12.0 Å². The number of alkyl carbamates (subject to hydrolysis) is 1. The zero-order valence-electron chi connectivity index (χ0n) is 16.3. The first-order valence-electron chi connectivity index (χ1n) is 9.03. The number of carbonyl (C=O) groups is 2. The molecule has 24 heavy (non-hydrogen) atoms. The Hall–Kier alpha value is -1.30. The van der Waals surface area contributed by atoms with Crippen molar-refractivity contribution in [2.45, 2.75) is 78.4 Å². The van der Waals surface area contributed by atoms with E-state index < -0.39 is 11.7 Å². The van der Waals surface area contributed by atoms with Gasteiger partial charge in [-0.05, 0) is 40.2 Å². The predicted octanol–water partition coefficient (Wildman–Crippen LogP) is 3.35. The van der Waals surface area contributed by atoms with Crippen LogP contribution in [0.2, 0.25) is 0 Å². The molecule has 0 spiro atoms. The van der Waals surface area contributed by atoms with Gasteiger partial charge in [0.1, 0.15) is 11.6 Å². The lowest BCUT2D eigenvalue weighted by atomic mass is 10.1. The molecule has 1 amide bonds. The highest BCUT2D eigenvalue weighted by Crippen LogP contribution is 2.12. The Balaban J connectivity index is 4.65. The summed E-state index contributed by atoms with van der Waals surface area (Å²) in [7, 11) is 1.43. The van der Waals surface area contributed by atoms with Gasteiger partial charge in [-0.25, -0.2) is 4.79 Å². The summed E-state index contributed by atoms with van der Waals surface area (Å²) in [5.74, 6) is -0.197. The molecule has 0 aromatic carbocycles. The number of ether oxygens (including phenoxy) is 2. The molecule has 142 valence electrons. The summed E-state index contributed by atoms with van der Waals surface area (Å²) in [6.45, 7) is 11.6. The Kier molecular flexibility index (Phi) is 11.5. The summed E-state index contributed by atoms with van der Waals surface area (Å²) in [6, 6.07) is -0.248. The molecule has 0 aliphatic heterocycles. The maximum atomic E-state index is 12.1. The first-order valence-corrected chi connectivity index (χ1v) is 9.03. The number of hydrogen-bond donors (Lipinski definition) is 1. The Morgan fingerprint density at radius 1 is 1.08 bits per heavy atom. The molecular weight excluding hydrogens is 308 g/mol. The van der Waals surface area contributed by atoms with Gasteiger partial charge >= 0.3 is 12.1 Å². The number of rotatable bonds is 11. The predicted molar refractivity (Wildman–Crippen MR) is 96.0 cm³/mol. The van der Waals surface area contributed by atoms with Crippen LogP contribution < -0.4 is 5.32 Å². The summed E-state index contributed by atoms with van der Waals surface area (Å²) in [5.41, 5.74) is -0.512. The molecule has 1 atom stereocenters. The molecule has 6 heteroatoms. The van der Waals surface area contributed by atoms with Crippen LogP contribution in [0.15, 0.2) is 0 Å². The number of esters is 1. The molecule has 0 fully saturated rings. The van der Waals surface area contributed by atoms with Crippen molar-refractivity contribution in [3.63, 3.8) is 0 Å². The second-order valence-electron chi connectivity index (χ2n) is 7.00. The number of hydrogen-bond acceptors (Lipinski definition) is 5. The number of nitrogens with one attached hydrogen (secondary N) is 1. The van der Waals surface area contributed by atoms with Gasteiger partial charge in [0.15, 0.2) is 0 Å². The minimum Gasteiger partial charge on any atom is -0.468 e. The highest BCUT2D eigenvalue weighted by molar-refractivity contribution is 5.75. The number of amides is 1. The molecule has 6 nitrogen and oxygen atoms in total. The molecule has 0 bridgehead atoms. The number of unbranched alkanes of at least 4 members (excludes halogenated alkanes) is 2. The summed E-state index contributed by atoms with van der Waals surface area (Å²) in [4.78, 5) is 26.0. The van der Waals surface area contributed by atoms with Gasteiger partial charge < -0.3 is 14.8 Å². The highest BCUT2D eigenvalue weighted by Gasteiger charge is 2.26. The van der Waals surface area contributed by atoms with E-state index in [1.54, 1.807) is 0 Å². The van der Waals surface area contributed by atoms with E-state index in [2.05, 4.69) is 24.1 Å². The molecule has 1 N–H and O–H groups in total. The van der Waals surface area contributed by atoms with E-state index in [1.165, 1.54) is 7.11 Å². The molecule has 0 saturated carbocycles. The summed E-state index contributed by atoms with van der Waals surface area (Å²) < 4.78 is 10.2. The number of methoxy groups -OCH3 is 1. The second-order valence-corrected chi connectivity index (χ2v) is 7.00. The third-order valence-corrected chi connectivity index (χ3v) is 3.61. The van der Waals surface area contributed by atoms with Gasteiger partial charge in [-0.1, -0.05) is 33.1 Å². The van der Waals surface area contributed by atoms with Gasteiger partial charge in [-0.3, -0.25) is 9.69 Å². The first kappa shape index (κ1) is 22.7. The highest BCUT2D eigenvalue weighted by atomic mass is 16.6. The molecule has 0 radical (unpaired) electrons. The van der Waals surface area contributed by atoms with E-state index in [1.807, 2.05) is 20.8 Å². The van der Waals surface area contributed by atoms with Crippen LogP contribution in [0.4, 0.5) is 4.79 Å². The second kappa shape index (κ2) is 12.1. The largest absolute Gasteiger partial charge is 0.468 e. The van der Waals surface area contributed by atoms with Gasteiger partial charge in [0.2, 0.25) is 0 Å². The zero-order chi connectivity index (χ0) is 18.6. The van der Waals surface area contributed by atoms with Gasteiger partial charge in [0.05, 0.1) is 7.11 Å². The van der Waals surface area contributed by atoms with Crippen LogP contribution in [-0.2, 0) is 14.3 Å². The van der Waals surface area contributed by atoms with Crippen molar-refractivity contribution in [1.29, 1.82) is 0 Å². The van der Waals surface area contributed by atoms with Crippen molar-refractivity contribution in [3.8, 4) is 0 Å². The summed E-state index contributed by atoms with van der Waals surface area (Å²) in [6.07, 6.45) is 4.41. The van der Waals surface area contributed by atoms with E-state index >= 15 is 0 Å². The topological polar surface area (TPSA) is 67.9 Å². The first-order chi connectivity index (χ1) is 11.2. The fourth-order valence-corrected chi connectivity index (χ4v) is 2.38. The van der Waals surface area contributed by atoms with Gasteiger partial charge in [0, 0.05) is 13.1 Å². The third kappa shape index (κ3) is 10.5. The summed E-state index contributed by atoms with van der Waals surface area (Å²) >= 11 is 0. The SMILES string of the molecule is CCCCC(C(=O)OC)N(CCCC)CCNC(=O)OC(C)(C)C. The average molecular weight is 344 g/mol. The molecule has 0 aromatic heterocycles. The molecule has 0 saturated heterocycles. The van der Waals surface area contributed by atoms with Gasteiger partial charge in [-0.15, -0.1) is 0 Å². The van der Waals surface area contributed by atoms with Crippen molar-refractivity contribution in [2.75, 3.05) is 26.7 Å². The number of nitrogens with zero attached hydrogens (tertiary/aromatic N) is 1. The molecule has 0 heterocycles. The molecular formula is C18H36N2O4. The Morgan fingerprint density at radius 2 is 1.71 bits per heavy atom. The van der Waals surface area contributed by atoms with Crippen LogP contribution in [0, 0.1) is 0 Å². The minimum atomic E-state index is -0.512. The van der Waals surface area contributed by atoms with Crippen LogP contribution in [-0.4, -0.2) is 55.3 Å². The van der Waals surface area contributed by atoms with Crippen molar-refractivity contribution in [3.05, 3.63) is 0 Å². The zero-order valence-corrected chi connectivity index (χ0v) is 16.3. The van der Waals surface area contributed by atoms with Crippen LogP contribution in [0.5, 0.6) is 0 Å². The normalized spacial score (nSPS) is 12.8. The van der Waals surface area contributed by atoms with Crippen LogP contribution in [0.25, 0.3) is 0 Å². The smallest absolute Gasteiger partial charge is 0.407 e. The van der Waals surface area contributed by atoms with Crippen molar-refractivity contribution in [2.24, 2.45) is 0 Å². The maximum Gasteiger partial charge on any atom is 0.407 e. The fourth-order valence-electron chi connectivity index (χ4n) is 2.38. The molecule has 1 unspecified atom stereocenters. The summed E-state index contributed by atoms with van der Waals surface area (Å²) in [5, 5.41) is 2.76. The average Bonchev–Trinajstić information content (AvgIpc) is 2.49. The van der Waals surface area contributed by atoms with E-state index in [4.69, 9.17) is 9.47 Å². The minimum absolute atomic E-state index is 0.197. The van der Waals surface area contributed by atoms with Crippen LogP contribution in [0.3, 0.4) is 0 Å². The lowest BCUT2D eigenvalue weighted by Gasteiger charge is -2.30. The molecule has 0 aliphatic rings. The van der Waals surface area contributed by atoms with Gasteiger partial charge in [-0.2, -0.15) is 0 Å². The lowest BCUT2D eigenvalue weighted by Crippen LogP contribution is -2.46. The lowest BCUT2D eigenvalue weighted by molar-refractivity contribution is -0.147. The van der Waals surface area contributed by atoms with E-state index in [0.717, 1.165) is 38.6 Å². The molecule has 0 rings (SSSR count). The monoisotopic (exact) mass is 344 g/mol. The quantitative estimate of drug-likeness (QED) is 0.582. The van der Waals surface area contributed by atoms with Crippen molar-refractivity contribution >= 4 is 12.1 Å². The molecule has 0 aromatic rings. The Labute approximate surface area is 147 Å². The Bertz CT molecular complexity index is 367. The van der Waals surface area contributed by atoms with Gasteiger partial charge in [0.25, 0.3) is 0 Å². The van der Waals surface area contributed by atoms with Crippen LogP contribution >= 0.6 is 0 Å². The van der Waals surface area contributed by atoms with Crippen molar-refractivity contribution in [1.82, 2.24) is 10.2 Å². The van der Waals surface area contributed by atoms with Crippen LogP contribution in [0.1, 0.15) is 66.7 Å². The standard InChI is InChI=1S/C18H36N2O4/c1-7-9-11-15(16(21)23-6)20(13-10-8-2)14-12-19-17(22)24-18(3,4)5/h15H,7-14H2,1-6H3,(H,19,22). The number of carbonyl (C=O) groups excluding carboxylic acids is 2. The van der Waals surface area contributed by atoms with E-state index in [0.29, 0.717) is 13.1 Å². The van der Waals surface area contributed by atoms with E-state index in [9.17, 15) is 9.59 Å². The van der Waals surface area contributed by atoms with Crippen molar-refractivity contribution < 1.29 is 19.1 Å².